The quantitative estimate of drug-likeness (QED) is 0.00545. The van der Waals surface area contributed by atoms with Crippen molar-refractivity contribution in [3.63, 3.8) is 0 Å². The van der Waals surface area contributed by atoms with E-state index in [1.54, 1.807) is 62.4 Å². The number of rotatable bonds is 40. The maximum Gasteiger partial charge on any atom is 0.508 e. The van der Waals surface area contributed by atoms with Crippen molar-refractivity contribution in [1.82, 2.24) is 5.32 Å². The molecule has 8 aromatic rings. The molecule has 6 aliphatic rings. The molecule has 686 valence electrons. The first-order valence-electron chi connectivity index (χ1n) is 43.8. The Morgan fingerprint density at radius 2 is 1.16 bits per heavy atom. The molecule has 14 rings (SSSR count). The van der Waals surface area contributed by atoms with Crippen LogP contribution in [-0.4, -0.2) is 169 Å². The number of ether oxygens (including phenoxy) is 16. The maximum absolute atomic E-state index is 16.3. The van der Waals surface area contributed by atoms with Crippen LogP contribution in [0.15, 0.2) is 242 Å². The maximum atomic E-state index is 16.3. The molecule has 5 heterocycles. The number of carbonyl (C=O) groups is 4. The Kier molecular flexibility index (Phi) is 32.4. The monoisotopic (exact) mass is 1810 g/mol. The lowest BCUT2D eigenvalue weighted by Crippen LogP contribution is -2.68. The Labute approximate surface area is 753 Å². The number of alkyl carbamates (subject to hydrolysis) is 1. The van der Waals surface area contributed by atoms with Gasteiger partial charge in [0.2, 0.25) is 0 Å². The summed E-state index contributed by atoms with van der Waals surface area (Å²) in [6, 6.07) is 65.8. The molecule has 16 atom stereocenters. The molecule has 1 amide bonds. The molecule has 0 radical (unpaired) electrons. The number of phosphoric ester groups is 1. The van der Waals surface area contributed by atoms with E-state index in [1.807, 2.05) is 196 Å². The van der Waals surface area contributed by atoms with Crippen LogP contribution in [0.2, 0.25) is 18.1 Å². The van der Waals surface area contributed by atoms with Crippen LogP contribution in [0.3, 0.4) is 0 Å². The van der Waals surface area contributed by atoms with E-state index in [0.717, 1.165) is 38.9 Å². The van der Waals surface area contributed by atoms with Crippen LogP contribution in [0.1, 0.15) is 124 Å². The molecule has 4 saturated heterocycles. The van der Waals surface area contributed by atoms with Gasteiger partial charge in [0.15, 0.2) is 32.8 Å². The van der Waals surface area contributed by atoms with E-state index in [-0.39, 0.29) is 78.4 Å². The smallest absolute Gasteiger partial charge is 0.457 e. The van der Waals surface area contributed by atoms with Gasteiger partial charge in [-0.2, -0.15) is 0 Å². The van der Waals surface area contributed by atoms with Crippen molar-refractivity contribution < 1.29 is 118 Å². The first-order valence-corrected chi connectivity index (χ1v) is 48.2. The molecule has 0 bridgehead atoms. The molecule has 5 unspecified atom stereocenters. The summed E-state index contributed by atoms with van der Waals surface area (Å²) in [6.07, 6.45) is -20.6. The van der Waals surface area contributed by atoms with E-state index < -0.39 is 181 Å². The molecule has 1 aliphatic carbocycles. The molecular weight excluding hydrogens is 1690 g/mol. The minimum absolute atomic E-state index is 0.0276. The van der Waals surface area contributed by atoms with Crippen molar-refractivity contribution in [3.8, 4) is 11.1 Å². The van der Waals surface area contributed by atoms with Gasteiger partial charge in [0.25, 0.3) is 5.79 Å². The summed E-state index contributed by atoms with van der Waals surface area (Å²) in [7, 11) is -8.17. The van der Waals surface area contributed by atoms with Gasteiger partial charge < -0.3 is 85.5 Å². The number of hydrogen-bond donors (Lipinski definition) is 1. The number of nitrogens with zero attached hydrogens (tertiary/aromatic N) is 3. The van der Waals surface area contributed by atoms with Crippen LogP contribution in [0.5, 0.6) is 0 Å². The zero-order chi connectivity index (χ0) is 90.7. The highest BCUT2D eigenvalue weighted by Crippen LogP contribution is 2.56. The Morgan fingerprint density at radius 1 is 0.620 bits per heavy atom. The molecule has 29 nitrogen and oxygen atoms in total. The van der Waals surface area contributed by atoms with E-state index in [1.165, 1.54) is 6.08 Å². The fourth-order valence-corrected chi connectivity index (χ4v) is 20.5. The zero-order valence-corrected chi connectivity index (χ0v) is 76.0. The van der Waals surface area contributed by atoms with Gasteiger partial charge in [0.05, 0.1) is 78.1 Å². The second-order valence-electron chi connectivity index (χ2n) is 34.5. The molecule has 8 aromatic carbocycles. The van der Waals surface area contributed by atoms with Crippen LogP contribution in [0, 0.1) is 5.92 Å². The third-order valence-corrected chi connectivity index (χ3v) is 30.6. The zero-order valence-electron chi connectivity index (χ0n) is 74.1. The van der Waals surface area contributed by atoms with Gasteiger partial charge in [-0.05, 0) is 111 Å². The number of azide groups is 1. The Balaban J connectivity index is 0.920. The van der Waals surface area contributed by atoms with E-state index in [2.05, 4.69) is 49.6 Å². The van der Waals surface area contributed by atoms with Crippen molar-refractivity contribution in [2.24, 2.45) is 11.0 Å². The normalized spacial score (nSPS) is 25.0. The summed E-state index contributed by atoms with van der Waals surface area (Å²) in [5.74, 6) is -6.36. The number of nitrogens with one attached hydrogen (secondary N) is 1. The minimum Gasteiger partial charge on any atom is -0.457 e. The number of phosphoric acid groups is 1. The number of hydrogen-bond acceptors (Lipinski definition) is 26. The third-order valence-electron chi connectivity index (χ3n) is 24.7. The molecule has 0 saturated carbocycles. The summed E-state index contributed by atoms with van der Waals surface area (Å²) in [4.78, 5) is 65.4. The van der Waals surface area contributed by atoms with Gasteiger partial charge in [-0.15, -0.1) is 0 Å². The fraction of sp³-hybridized carbons (Fsp3) is 0.449. The largest absolute Gasteiger partial charge is 0.508 e. The van der Waals surface area contributed by atoms with E-state index >= 15 is 18.9 Å². The summed E-state index contributed by atoms with van der Waals surface area (Å²) in [5, 5.41) is 6.73. The van der Waals surface area contributed by atoms with E-state index in [0.29, 0.717) is 22.3 Å². The summed E-state index contributed by atoms with van der Waals surface area (Å²) >= 11 is 0. The Morgan fingerprint density at radius 3 is 1.74 bits per heavy atom. The molecule has 0 aromatic heterocycles. The van der Waals surface area contributed by atoms with Crippen molar-refractivity contribution in [2.75, 3.05) is 33.0 Å². The summed E-state index contributed by atoms with van der Waals surface area (Å²) in [5.41, 5.74) is 19.2. The lowest BCUT2D eigenvalue weighted by Gasteiger charge is -2.50. The lowest BCUT2D eigenvalue weighted by atomic mass is 9.92. The highest BCUT2D eigenvalue weighted by molar-refractivity contribution is 7.48. The average molecular weight is 1810 g/mol. The van der Waals surface area contributed by atoms with Gasteiger partial charge in [-0.25, -0.2) is 18.9 Å². The van der Waals surface area contributed by atoms with Crippen molar-refractivity contribution in [3.05, 3.63) is 298 Å². The van der Waals surface area contributed by atoms with E-state index in [4.69, 9.17) is 93.8 Å². The first kappa shape index (κ1) is 95.2. The molecule has 4 fully saturated rings. The highest BCUT2D eigenvalue weighted by atomic mass is 31.2. The highest BCUT2D eigenvalue weighted by Gasteiger charge is 2.64. The minimum atomic E-state index is -5.05. The van der Waals surface area contributed by atoms with Gasteiger partial charge >= 0.3 is 32.0 Å². The molecule has 0 spiro atoms. The first-order chi connectivity index (χ1) is 62.3. The van der Waals surface area contributed by atoms with Crippen LogP contribution >= 0.6 is 7.82 Å². The summed E-state index contributed by atoms with van der Waals surface area (Å²) < 4.78 is 152. The summed E-state index contributed by atoms with van der Waals surface area (Å²) in [6.45, 7) is 18.2. The van der Waals surface area contributed by atoms with Crippen LogP contribution < -0.4 is 5.32 Å². The molecule has 31 heteroatoms. The third kappa shape index (κ3) is 24.1. The predicted molar refractivity (Wildman–Crippen MR) is 475 cm³/mol. The van der Waals surface area contributed by atoms with Crippen molar-refractivity contribution in [1.29, 1.82) is 0 Å². The number of amides is 1. The fourth-order valence-electron chi connectivity index (χ4n) is 16.7. The SMILES string of the molecule is C=CCOC(=O)O[C@@H]1C(N=[N+]=[N-])[C@H](O[Si](C)(C)C(C)(C)C(C)C)OC(CO[C@@H]2OC(CO[C@]3(C(=O)OCc4ccccc4)C[C@H]4OC(C)(C)O[C@H]4C([C@@H](COCc4ccccc4)OCc4ccccc4)O3)[C@@H](OP3(=O)OCc4ccccc4CO3)[C@H](OC(=O)C[C@@H](CC)OCc3ccccc3)C2NC(=O)OCC2c3ccccc3-c3ccccc32)[C@H]1OCc1ccccc1. The average Bonchev–Trinajstić information content (AvgIpc) is 1.20. The van der Waals surface area contributed by atoms with Gasteiger partial charge in [-0.3, -0.25) is 18.4 Å². The second-order valence-corrected chi connectivity index (χ2v) is 40.7. The van der Waals surface area contributed by atoms with Gasteiger partial charge in [-0.1, -0.05) is 277 Å². The molecule has 129 heavy (non-hydrogen) atoms. The number of fused-ring (bicyclic) bond motifs is 5. The standard InChI is InChI=1S/C98H115N4O25PSi/c1-11-50-109-95(106)122-90-84(101-102-99)92(127-129(9,10)96(5,6)64(3)4)120-80(85(90)112-56-68-40-24-16-25-41-68)62-113-91-83(100-94(105)115-60-77-75-48-32-30-46-73(75)74-47-31-33-49-76(74)77)89(121-82(103)51-72(12-2)110-54-66-36-20-14-21-37-66)88(126-128(107)117-58-70-44-28-29-45-71(70)59-118-128)81(119-91)63-116-98(93(104)114-57-69-42-26-17-27-43-69)52-78-86(124-97(7,8)123-78)87(125-98)79(111-55-67-38-22-15-23-39-67)61-108-53-65-34-18-13-19-35-65/h11,13-49,64,72,77-81,83-92H,1,12,50-63H2,2-10H3,(H,100,105)/t72-,78-,79-,80?,81?,83?,84?,85-,86-,87?,88-,89-,90-,91-,92+,98-/m1/s1. The van der Waals surface area contributed by atoms with Crippen LogP contribution in [0.4, 0.5) is 9.59 Å². The number of benzene rings is 8. The molecule has 5 aliphatic heterocycles. The van der Waals surface area contributed by atoms with Crippen LogP contribution in [0.25, 0.3) is 21.6 Å². The van der Waals surface area contributed by atoms with Crippen LogP contribution in [-0.2, 0) is 154 Å². The van der Waals surface area contributed by atoms with Gasteiger partial charge in [0, 0.05) is 17.3 Å². The molecule has 1 N–H and O–H groups in total. The van der Waals surface area contributed by atoms with Crippen molar-refractivity contribution >= 4 is 40.3 Å². The predicted octanol–water partition coefficient (Wildman–Crippen LogP) is 18.1. The van der Waals surface area contributed by atoms with Crippen molar-refractivity contribution in [2.45, 2.75) is 241 Å². The molecular formula is C98H115N4O25PSi. The van der Waals surface area contributed by atoms with E-state index in [9.17, 15) is 10.3 Å². The number of carbonyl (C=O) groups excluding carboxylic acids is 4. The lowest BCUT2D eigenvalue weighted by molar-refractivity contribution is -0.337. The second kappa shape index (κ2) is 43.9. The van der Waals surface area contributed by atoms with Gasteiger partial charge in [0.1, 0.15) is 80.7 Å². The number of esters is 2. The Hall–Kier alpha value is -9.86. The Bertz CT molecular complexity index is 5040. The topological polar surface area (TPSA) is 331 Å².